The first-order chi connectivity index (χ1) is 10.2. The smallest absolute Gasteiger partial charge is 0.262 e. The van der Waals surface area contributed by atoms with Gasteiger partial charge in [0.25, 0.3) is 5.91 Å². The summed E-state index contributed by atoms with van der Waals surface area (Å²) < 4.78 is 1.01. The van der Waals surface area contributed by atoms with E-state index in [9.17, 15) is 4.79 Å². The second-order valence-electron chi connectivity index (χ2n) is 4.36. The molecule has 2 N–H and O–H groups in total. The van der Waals surface area contributed by atoms with Crippen molar-refractivity contribution in [1.82, 2.24) is 5.43 Å². The molecule has 4 nitrogen and oxygen atoms in total. The number of carbonyl (C=O) groups is 1. The van der Waals surface area contributed by atoms with Gasteiger partial charge in [-0.1, -0.05) is 28.9 Å². The lowest BCUT2D eigenvalue weighted by molar-refractivity contribution is -0.121. The highest BCUT2D eigenvalue weighted by Gasteiger charge is 2.15. The first-order valence-corrected chi connectivity index (χ1v) is 8.25. The summed E-state index contributed by atoms with van der Waals surface area (Å²) in [5.74, 6) is -0.145. The predicted molar refractivity (Wildman–Crippen MR) is 91.9 cm³/mol. The van der Waals surface area contributed by atoms with Crippen LogP contribution < -0.4 is 10.7 Å². The standard InChI is InChI=1S/C15H16BrN3OS/c1-2-14(18-12-7-5-11(16)6-8-12)15(20)19-17-10-13-4-3-9-21-13/h3-10,14,18H,2H2,1H3,(H,19,20)/b17-10-/t14-/m0/s1. The molecule has 110 valence electrons. The van der Waals surface area contributed by atoms with E-state index in [1.54, 1.807) is 17.6 Å². The fourth-order valence-electron chi connectivity index (χ4n) is 1.70. The Kier molecular flexibility index (Phi) is 5.95. The molecule has 0 saturated heterocycles. The third kappa shape index (κ3) is 4.99. The van der Waals surface area contributed by atoms with Crippen LogP contribution in [0.2, 0.25) is 0 Å². The summed E-state index contributed by atoms with van der Waals surface area (Å²) >= 11 is 4.96. The quantitative estimate of drug-likeness (QED) is 0.603. The molecule has 1 aromatic heterocycles. The number of nitrogens with one attached hydrogen (secondary N) is 2. The molecule has 0 bridgehead atoms. The first kappa shape index (κ1) is 15.7. The zero-order valence-electron chi connectivity index (χ0n) is 11.5. The van der Waals surface area contributed by atoms with Crippen LogP contribution in [0.25, 0.3) is 0 Å². The second kappa shape index (κ2) is 7.95. The summed E-state index contributed by atoms with van der Waals surface area (Å²) in [5.41, 5.74) is 3.47. The Morgan fingerprint density at radius 2 is 2.14 bits per heavy atom. The summed E-state index contributed by atoms with van der Waals surface area (Å²) in [6.45, 7) is 1.96. The van der Waals surface area contributed by atoms with Crippen LogP contribution in [0.4, 0.5) is 5.69 Å². The maximum absolute atomic E-state index is 12.1. The van der Waals surface area contributed by atoms with Gasteiger partial charge >= 0.3 is 0 Å². The van der Waals surface area contributed by atoms with Gasteiger partial charge < -0.3 is 5.32 Å². The molecule has 0 fully saturated rings. The predicted octanol–water partition coefficient (Wildman–Crippen LogP) is 3.85. The normalized spacial score (nSPS) is 12.3. The van der Waals surface area contributed by atoms with Crippen molar-refractivity contribution < 1.29 is 4.79 Å². The van der Waals surface area contributed by atoms with E-state index in [-0.39, 0.29) is 11.9 Å². The fraction of sp³-hybridized carbons (Fsp3) is 0.200. The van der Waals surface area contributed by atoms with Crippen molar-refractivity contribution in [1.29, 1.82) is 0 Å². The highest BCUT2D eigenvalue weighted by atomic mass is 79.9. The van der Waals surface area contributed by atoms with Crippen LogP contribution in [0, 0.1) is 0 Å². The summed E-state index contributed by atoms with van der Waals surface area (Å²) in [7, 11) is 0. The monoisotopic (exact) mass is 365 g/mol. The van der Waals surface area contributed by atoms with E-state index >= 15 is 0 Å². The average molecular weight is 366 g/mol. The van der Waals surface area contributed by atoms with Crippen molar-refractivity contribution in [2.45, 2.75) is 19.4 Å². The molecule has 0 aliphatic rings. The Morgan fingerprint density at radius 3 is 2.76 bits per heavy atom. The number of nitrogens with zero attached hydrogens (tertiary/aromatic N) is 1. The highest BCUT2D eigenvalue weighted by Crippen LogP contribution is 2.15. The number of amides is 1. The van der Waals surface area contributed by atoms with E-state index in [1.807, 2.05) is 48.7 Å². The average Bonchev–Trinajstić information content (AvgIpc) is 3.00. The number of anilines is 1. The van der Waals surface area contributed by atoms with E-state index < -0.39 is 0 Å². The molecule has 1 aromatic carbocycles. The fourth-order valence-corrected chi connectivity index (χ4v) is 2.55. The molecule has 0 aliphatic heterocycles. The molecule has 0 radical (unpaired) electrons. The summed E-state index contributed by atoms with van der Waals surface area (Å²) in [6, 6.07) is 11.3. The van der Waals surface area contributed by atoms with Gasteiger partial charge in [0, 0.05) is 15.0 Å². The van der Waals surface area contributed by atoms with Gasteiger partial charge in [-0.15, -0.1) is 11.3 Å². The third-order valence-electron chi connectivity index (χ3n) is 2.82. The largest absolute Gasteiger partial charge is 0.374 e. The minimum atomic E-state index is -0.313. The van der Waals surface area contributed by atoms with Gasteiger partial charge in [0.2, 0.25) is 0 Å². The molecule has 0 aliphatic carbocycles. The van der Waals surface area contributed by atoms with Crippen LogP contribution in [0.15, 0.2) is 51.4 Å². The Morgan fingerprint density at radius 1 is 1.38 bits per heavy atom. The molecule has 21 heavy (non-hydrogen) atoms. The summed E-state index contributed by atoms with van der Waals surface area (Å²) in [5, 5.41) is 9.14. The number of hydrazone groups is 1. The van der Waals surface area contributed by atoms with Gasteiger partial charge in [-0.25, -0.2) is 5.43 Å². The molecule has 0 saturated carbocycles. The lowest BCUT2D eigenvalue weighted by Gasteiger charge is -2.16. The SMILES string of the molecule is CC[C@H](Nc1ccc(Br)cc1)C(=O)N/N=C\c1cccs1. The molecule has 0 unspecified atom stereocenters. The van der Waals surface area contributed by atoms with Gasteiger partial charge in [0.05, 0.1) is 6.21 Å². The van der Waals surface area contributed by atoms with Crippen molar-refractivity contribution in [2.75, 3.05) is 5.32 Å². The Labute approximate surface area is 136 Å². The molecule has 6 heteroatoms. The van der Waals surface area contributed by atoms with Crippen LogP contribution in [-0.2, 0) is 4.79 Å². The first-order valence-electron chi connectivity index (χ1n) is 6.57. The highest BCUT2D eigenvalue weighted by molar-refractivity contribution is 9.10. The van der Waals surface area contributed by atoms with Crippen molar-refractivity contribution in [3.05, 3.63) is 51.1 Å². The summed E-state index contributed by atoms with van der Waals surface area (Å²) in [4.78, 5) is 13.1. The van der Waals surface area contributed by atoms with Crippen molar-refractivity contribution >= 4 is 45.1 Å². The molecule has 1 heterocycles. The van der Waals surface area contributed by atoms with Crippen molar-refractivity contribution in [2.24, 2.45) is 5.10 Å². The molecule has 1 amide bonds. The van der Waals surface area contributed by atoms with Crippen LogP contribution in [0.5, 0.6) is 0 Å². The molecule has 0 spiro atoms. The number of carbonyl (C=O) groups excluding carboxylic acids is 1. The van der Waals surface area contributed by atoms with Crippen LogP contribution in [0.3, 0.4) is 0 Å². The second-order valence-corrected chi connectivity index (χ2v) is 6.26. The van der Waals surface area contributed by atoms with E-state index in [0.717, 1.165) is 15.0 Å². The van der Waals surface area contributed by atoms with Crippen LogP contribution in [0.1, 0.15) is 18.2 Å². The lowest BCUT2D eigenvalue weighted by atomic mass is 10.2. The van der Waals surface area contributed by atoms with Crippen molar-refractivity contribution in [3.8, 4) is 0 Å². The molecule has 1 atom stereocenters. The number of hydrogen-bond donors (Lipinski definition) is 2. The van der Waals surface area contributed by atoms with E-state index in [1.165, 1.54) is 0 Å². The van der Waals surface area contributed by atoms with Gasteiger partial charge in [0.15, 0.2) is 0 Å². The number of thiophene rings is 1. The van der Waals surface area contributed by atoms with E-state index in [0.29, 0.717) is 6.42 Å². The molecule has 2 aromatic rings. The Bertz CT molecular complexity index is 596. The van der Waals surface area contributed by atoms with Crippen molar-refractivity contribution in [3.63, 3.8) is 0 Å². The maximum Gasteiger partial charge on any atom is 0.262 e. The topological polar surface area (TPSA) is 53.5 Å². The Balaban J connectivity index is 1.90. The zero-order chi connectivity index (χ0) is 15.1. The van der Waals surface area contributed by atoms with Crippen LogP contribution in [-0.4, -0.2) is 18.2 Å². The number of benzene rings is 1. The van der Waals surface area contributed by atoms with E-state index in [4.69, 9.17) is 0 Å². The van der Waals surface area contributed by atoms with Gasteiger partial charge in [-0.3, -0.25) is 4.79 Å². The maximum atomic E-state index is 12.1. The van der Waals surface area contributed by atoms with Gasteiger partial charge in [-0.05, 0) is 42.1 Å². The third-order valence-corrected chi connectivity index (χ3v) is 4.16. The van der Waals surface area contributed by atoms with E-state index in [2.05, 4.69) is 31.8 Å². The molecule has 2 rings (SSSR count). The molecular weight excluding hydrogens is 350 g/mol. The zero-order valence-corrected chi connectivity index (χ0v) is 13.9. The molecular formula is C15H16BrN3OS. The van der Waals surface area contributed by atoms with Gasteiger partial charge in [0.1, 0.15) is 6.04 Å². The van der Waals surface area contributed by atoms with Gasteiger partial charge in [-0.2, -0.15) is 5.10 Å². The summed E-state index contributed by atoms with van der Waals surface area (Å²) in [6.07, 6.45) is 2.32. The minimum Gasteiger partial charge on any atom is -0.374 e. The lowest BCUT2D eigenvalue weighted by Crippen LogP contribution is -2.36. The number of rotatable bonds is 6. The Hall–Kier alpha value is -1.66. The number of hydrogen-bond acceptors (Lipinski definition) is 4. The minimum absolute atomic E-state index is 0.145. The van der Waals surface area contributed by atoms with Crippen LogP contribution >= 0.6 is 27.3 Å². The number of halogens is 1.